The van der Waals surface area contributed by atoms with Crippen molar-refractivity contribution >= 4 is 41.0 Å². The Labute approximate surface area is 218 Å². The van der Waals surface area contributed by atoms with Crippen LogP contribution in [0.5, 0.6) is 11.6 Å². The number of hydrogen-bond acceptors (Lipinski definition) is 10. The summed E-state index contributed by atoms with van der Waals surface area (Å²) in [6, 6.07) is 3.77. The largest absolute Gasteiger partial charge is 0.506 e. The number of aliphatic imine (C=N–C) groups is 1. The second-order valence-corrected chi connectivity index (χ2v) is 8.47. The van der Waals surface area contributed by atoms with Crippen molar-refractivity contribution in [3.05, 3.63) is 46.1 Å². The van der Waals surface area contributed by atoms with Gasteiger partial charge in [0.1, 0.15) is 11.4 Å². The molecule has 1 aliphatic rings. The van der Waals surface area contributed by atoms with Crippen LogP contribution in [0.2, 0.25) is 5.02 Å². The van der Waals surface area contributed by atoms with Crippen LogP contribution in [0.25, 0.3) is 0 Å². The Morgan fingerprint density at radius 3 is 2.73 bits per heavy atom. The number of esters is 1. The average Bonchev–Trinajstić information content (AvgIpc) is 3.37. The zero-order valence-electron chi connectivity index (χ0n) is 20.7. The summed E-state index contributed by atoms with van der Waals surface area (Å²) in [5.74, 6) is -1.17. The Kier molecular flexibility index (Phi) is 9.50. The highest BCUT2D eigenvalue weighted by Gasteiger charge is 2.24. The Morgan fingerprint density at radius 1 is 1.27 bits per heavy atom. The molecule has 1 aromatic carbocycles. The molecule has 0 saturated carbocycles. The molecule has 1 atom stereocenters. The SMILES string of the molecule is CCOC(=O)CC(NC(=O)CNC(=O)c1cnc(OC)c(NC2=NCCN2)c1)c1cc(C)cc(Cl)c1O. The lowest BCUT2D eigenvalue weighted by Gasteiger charge is -2.21. The van der Waals surface area contributed by atoms with Crippen molar-refractivity contribution in [2.45, 2.75) is 26.3 Å². The summed E-state index contributed by atoms with van der Waals surface area (Å²) in [6.07, 6.45) is 1.08. The van der Waals surface area contributed by atoms with Crippen molar-refractivity contribution in [3.8, 4) is 11.6 Å². The van der Waals surface area contributed by atoms with Crippen LogP contribution in [-0.2, 0) is 14.3 Å². The first-order valence-corrected chi connectivity index (χ1v) is 11.9. The van der Waals surface area contributed by atoms with E-state index in [0.717, 1.165) is 5.56 Å². The van der Waals surface area contributed by atoms with Gasteiger partial charge in [0, 0.05) is 18.3 Å². The molecule has 13 heteroatoms. The molecule has 12 nitrogen and oxygen atoms in total. The van der Waals surface area contributed by atoms with Gasteiger partial charge in [0.25, 0.3) is 5.91 Å². The van der Waals surface area contributed by atoms with Crippen LogP contribution < -0.4 is 26.0 Å². The van der Waals surface area contributed by atoms with Gasteiger partial charge in [-0.25, -0.2) is 4.98 Å². The number of methoxy groups -OCH3 is 1. The maximum atomic E-state index is 12.7. The molecular formula is C24H29ClN6O6. The van der Waals surface area contributed by atoms with E-state index in [1.807, 2.05) is 0 Å². The molecule has 1 aliphatic heterocycles. The fourth-order valence-corrected chi connectivity index (χ4v) is 3.88. The fourth-order valence-electron chi connectivity index (χ4n) is 3.60. The molecule has 2 heterocycles. The number of nitrogens with zero attached hydrogens (tertiary/aromatic N) is 2. The van der Waals surface area contributed by atoms with E-state index >= 15 is 0 Å². The van der Waals surface area contributed by atoms with Gasteiger partial charge in [-0.15, -0.1) is 0 Å². The predicted octanol–water partition coefficient (Wildman–Crippen LogP) is 1.67. The topological polar surface area (TPSA) is 163 Å². The standard InChI is InChI=1S/C24H29ClN6O6/c1-4-37-20(33)10-17(15-7-13(2)8-16(25)21(15)34)30-19(32)12-28-22(35)14-9-18(23(36-3)29-11-14)31-24-26-5-6-27-24/h7-9,11,17,34H,4-6,10,12H2,1-3H3,(H,28,35)(H,30,32)(H2,26,27,31). The molecule has 0 radical (unpaired) electrons. The number of ether oxygens (including phenoxy) is 2. The second kappa shape index (κ2) is 12.8. The molecule has 1 aromatic heterocycles. The zero-order valence-corrected chi connectivity index (χ0v) is 21.4. The minimum atomic E-state index is -0.931. The number of phenolic OH excluding ortho intramolecular Hbond substituents is 1. The van der Waals surface area contributed by atoms with Crippen LogP contribution >= 0.6 is 11.6 Å². The summed E-state index contributed by atoms with van der Waals surface area (Å²) in [5.41, 5.74) is 1.59. The number of carbonyl (C=O) groups is 3. The van der Waals surface area contributed by atoms with Gasteiger partial charge in [0.15, 0.2) is 5.96 Å². The summed E-state index contributed by atoms with van der Waals surface area (Å²) in [6.45, 7) is 4.50. The molecule has 0 saturated heterocycles. The number of aryl methyl sites for hydroxylation is 1. The molecule has 0 bridgehead atoms. The molecule has 1 unspecified atom stereocenters. The molecule has 198 valence electrons. The van der Waals surface area contributed by atoms with E-state index in [9.17, 15) is 19.5 Å². The third-order valence-electron chi connectivity index (χ3n) is 5.27. The van der Waals surface area contributed by atoms with Crippen LogP contribution in [0.4, 0.5) is 5.69 Å². The van der Waals surface area contributed by atoms with Gasteiger partial charge in [-0.3, -0.25) is 19.4 Å². The third-order valence-corrected chi connectivity index (χ3v) is 5.56. The van der Waals surface area contributed by atoms with Crippen LogP contribution in [0, 0.1) is 6.92 Å². The molecular weight excluding hydrogens is 504 g/mol. The highest BCUT2D eigenvalue weighted by molar-refractivity contribution is 6.32. The first kappa shape index (κ1) is 27.5. The van der Waals surface area contributed by atoms with Crippen LogP contribution in [0.1, 0.15) is 40.9 Å². The second-order valence-electron chi connectivity index (χ2n) is 8.06. The molecule has 2 amide bonds. The van der Waals surface area contributed by atoms with Gasteiger partial charge in [-0.2, -0.15) is 0 Å². The number of rotatable bonds is 10. The predicted molar refractivity (Wildman–Crippen MR) is 137 cm³/mol. The quantitative estimate of drug-likeness (QED) is 0.286. The van der Waals surface area contributed by atoms with Crippen molar-refractivity contribution in [2.24, 2.45) is 4.99 Å². The van der Waals surface area contributed by atoms with Gasteiger partial charge in [0.05, 0.1) is 49.9 Å². The number of anilines is 1. The maximum absolute atomic E-state index is 12.7. The number of carbonyl (C=O) groups excluding carboxylic acids is 3. The number of hydrogen-bond donors (Lipinski definition) is 5. The average molecular weight is 533 g/mol. The van der Waals surface area contributed by atoms with E-state index in [4.69, 9.17) is 21.1 Å². The number of guanidine groups is 1. The first-order chi connectivity index (χ1) is 17.7. The van der Waals surface area contributed by atoms with Crippen molar-refractivity contribution in [1.29, 1.82) is 0 Å². The number of phenols is 1. The smallest absolute Gasteiger partial charge is 0.308 e. The number of nitrogens with one attached hydrogen (secondary N) is 4. The Bertz CT molecular complexity index is 1200. The maximum Gasteiger partial charge on any atom is 0.308 e. The zero-order chi connectivity index (χ0) is 26.9. The molecule has 37 heavy (non-hydrogen) atoms. The molecule has 2 aromatic rings. The number of benzene rings is 1. The number of amides is 2. The summed E-state index contributed by atoms with van der Waals surface area (Å²) < 4.78 is 10.2. The van der Waals surface area contributed by atoms with Crippen molar-refractivity contribution in [3.63, 3.8) is 0 Å². The van der Waals surface area contributed by atoms with E-state index < -0.39 is 30.4 Å². The highest BCUT2D eigenvalue weighted by atomic mass is 35.5. The number of aromatic hydroxyl groups is 1. The van der Waals surface area contributed by atoms with Crippen molar-refractivity contribution in [2.75, 3.05) is 38.7 Å². The fraction of sp³-hybridized carbons (Fsp3) is 0.375. The molecule has 0 spiro atoms. The first-order valence-electron chi connectivity index (χ1n) is 11.5. The van der Waals surface area contributed by atoms with Crippen molar-refractivity contribution < 1.29 is 29.0 Å². The Balaban J connectivity index is 1.69. The van der Waals surface area contributed by atoms with E-state index in [1.165, 1.54) is 19.4 Å². The summed E-state index contributed by atoms with van der Waals surface area (Å²) in [5, 5.41) is 21.8. The minimum absolute atomic E-state index is 0.0848. The minimum Gasteiger partial charge on any atom is -0.506 e. The van der Waals surface area contributed by atoms with Gasteiger partial charge in [0.2, 0.25) is 11.8 Å². The highest BCUT2D eigenvalue weighted by Crippen LogP contribution is 2.34. The Morgan fingerprint density at radius 2 is 2.05 bits per heavy atom. The number of aromatic nitrogens is 1. The van der Waals surface area contributed by atoms with Gasteiger partial charge in [-0.1, -0.05) is 17.7 Å². The lowest BCUT2D eigenvalue weighted by molar-refractivity contribution is -0.143. The van der Waals surface area contributed by atoms with Gasteiger partial charge in [-0.05, 0) is 31.5 Å². The van der Waals surface area contributed by atoms with Crippen LogP contribution in [-0.4, -0.2) is 67.2 Å². The third kappa shape index (κ3) is 7.46. The molecule has 0 fully saturated rings. The lowest BCUT2D eigenvalue weighted by Crippen LogP contribution is -2.39. The van der Waals surface area contributed by atoms with Crippen molar-refractivity contribution in [1.82, 2.24) is 20.9 Å². The molecule has 0 aliphatic carbocycles. The van der Waals surface area contributed by atoms with E-state index in [-0.39, 0.29) is 40.8 Å². The summed E-state index contributed by atoms with van der Waals surface area (Å²) in [4.78, 5) is 46.0. The van der Waals surface area contributed by atoms with Crippen LogP contribution in [0.3, 0.4) is 0 Å². The Hall–Kier alpha value is -4.06. The van der Waals surface area contributed by atoms with Crippen LogP contribution in [0.15, 0.2) is 29.4 Å². The van der Waals surface area contributed by atoms with Gasteiger partial charge < -0.3 is 35.8 Å². The number of pyridine rings is 1. The summed E-state index contributed by atoms with van der Waals surface area (Å²) in [7, 11) is 1.45. The van der Waals surface area contributed by atoms with E-state index in [2.05, 4.69) is 31.2 Å². The van der Waals surface area contributed by atoms with E-state index in [1.54, 1.807) is 26.0 Å². The normalized spacial score (nSPS) is 13.1. The van der Waals surface area contributed by atoms with E-state index in [0.29, 0.717) is 24.7 Å². The molecule has 3 rings (SSSR count). The summed E-state index contributed by atoms with van der Waals surface area (Å²) >= 11 is 6.09. The molecule has 5 N–H and O–H groups in total. The number of halogens is 1. The monoisotopic (exact) mass is 532 g/mol. The lowest BCUT2D eigenvalue weighted by atomic mass is 10.00. The van der Waals surface area contributed by atoms with Gasteiger partial charge >= 0.3 is 5.97 Å².